The van der Waals surface area contributed by atoms with Crippen LogP contribution in [-0.2, 0) is 0 Å². The van der Waals surface area contributed by atoms with Crippen LogP contribution in [-0.4, -0.2) is 57.8 Å². The number of non-ortho nitro benzene ring substituents is 1. The van der Waals surface area contributed by atoms with Crippen molar-refractivity contribution in [1.29, 1.82) is 0 Å². The zero-order valence-corrected chi connectivity index (χ0v) is 14.9. The first kappa shape index (κ1) is 18.7. The molecular formula is C18H16ClN3O5. The van der Waals surface area contributed by atoms with Crippen LogP contribution < -0.4 is 0 Å². The molecule has 0 radical (unpaired) electrons. The third kappa shape index (κ3) is 4.01. The van der Waals surface area contributed by atoms with Crippen molar-refractivity contribution in [3.8, 4) is 5.75 Å². The van der Waals surface area contributed by atoms with Crippen LogP contribution in [0.3, 0.4) is 0 Å². The largest absolute Gasteiger partial charge is 0.508 e. The van der Waals surface area contributed by atoms with E-state index < -0.39 is 10.8 Å². The standard InChI is InChI=1S/C18H16ClN3O5/c19-16-5-4-13(22(26)27)11-15(16)18(25)21-8-6-20(7-9-21)17(24)12-2-1-3-14(23)10-12/h1-5,10-11,23H,6-9H2. The number of halogens is 1. The van der Waals surface area contributed by atoms with Crippen LogP contribution in [0.1, 0.15) is 20.7 Å². The Morgan fingerprint density at radius 1 is 1.00 bits per heavy atom. The topological polar surface area (TPSA) is 104 Å². The summed E-state index contributed by atoms with van der Waals surface area (Å²) in [4.78, 5) is 38.6. The highest BCUT2D eigenvalue weighted by molar-refractivity contribution is 6.33. The molecule has 8 nitrogen and oxygen atoms in total. The lowest BCUT2D eigenvalue weighted by molar-refractivity contribution is -0.384. The number of nitro benzene ring substituents is 1. The van der Waals surface area contributed by atoms with E-state index in [9.17, 15) is 24.8 Å². The van der Waals surface area contributed by atoms with E-state index in [1.807, 2.05) is 0 Å². The van der Waals surface area contributed by atoms with Crippen LogP contribution in [0.5, 0.6) is 5.75 Å². The maximum absolute atomic E-state index is 12.7. The number of carbonyl (C=O) groups excluding carboxylic acids is 2. The first-order valence-electron chi connectivity index (χ1n) is 8.18. The summed E-state index contributed by atoms with van der Waals surface area (Å²) in [7, 11) is 0. The maximum atomic E-state index is 12.7. The summed E-state index contributed by atoms with van der Waals surface area (Å²) < 4.78 is 0. The van der Waals surface area contributed by atoms with E-state index in [2.05, 4.69) is 0 Å². The van der Waals surface area contributed by atoms with Gasteiger partial charge in [-0.3, -0.25) is 19.7 Å². The molecule has 0 aromatic heterocycles. The van der Waals surface area contributed by atoms with Gasteiger partial charge in [0.25, 0.3) is 17.5 Å². The van der Waals surface area contributed by atoms with Crippen LogP contribution in [0.15, 0.2) is 42.5 Å². The molecule has 27 heavy (non-hydrogen) atoms. The molecule has 1 fully saturated rings. The lowest BCUT2D eigenvalue weighted by Gasteiger charge is -2.35. The van der Waals surface area contributed by atoms with E-state index in [1.54, 1.807) is 17.0 Å². The van der Waals surface area contributed by atoms with Crippen LogP contribution >= 0.6 is 11.6 Å². The van der Waals surface area contributed by atoms with Crippen molar-refractivity contribution in [3.63, 3.8) is 0 Å². The molecule has 0 atom stereocenters. The monoisotopic (exact) mass is 389 g/mol. The first-order valence-corrected chi connectivity index (χ1v) is 8.56. The molecule has 9 heteroatoms. The zero-order valence-electron chi connectivity index (χ0n) is 14.2. The van der Waals surface area contributed by atoms with Crippen LogP contribution in [0, 0.1) is 10.1 Å². The number of hydrogen-bond donors (Lipinski definition) is 1. The van der Waals surface area contributed by atoms with E-state index >= 15 is 0 Å². The number of hydrogen-bond acceptors (Lipinski definition) is 5. The third-order valence-electron chi connectivity index (χ3n) is 4.34. The Bertz CT molecular complexity index is 910. The molecule has 2 aromatic carbocycles. The number of nitrogens with zero attached hydrogens (tertiary/aromatic N) is 3. The molecule has 1 aliphatic heterocycles. The fraction of sp³-hybridized carbons (Fsp3) is 0.222. The lowest BCUT2D eigenvalue weighted by Crippen LogP contribution is -2.50. The van der Waals surface area contributed by atoms with Gasteiger partial charge in [-0.05, 0) is 24.3 Å². The Balaban J connectivity index is 1.69. The van der Waals surface area contributed by atoms with Gasteiger partial charge in [-0.15, -0.1) is 0 Å². The van der Waals surface area contributed by atoms with Gasteiger partial charge in [-0.25, -0.2) is 0 Å². The second kappa shape index (κ2) is 7.63. The van der Waals surface area contributed by atoms with Crippen LogP contribution in [0.2, 0.25) is 5.02 Å². The predicted octanol–water partition coefficient (Wildman–Crippen LogP) is 2.55. The van der Waals surface area contributed by atoms with Crippen molar-refractivity contribution in [2.75, 3.05) is 26.2 Å². The molecule has 1 heterocycles. The summed E-state index contributed by atoms with van der Waals surface area (Å²) in [6, 6.07) is 9.81. The Morgan fingerprint density at radius 3 is 2.22 bits per heavy atom. The zero-order chi connectivity index (χ0) is 19.6. The quantitative estimate of drug-likeness (QED) is 0.641. The summed E-state index contributed by atoms with van der Waals surface area (Å²) in [6.45, 7) is 1.18. The van der Waals surface area contributed by atoms with Gasteiger partial charge in [0.1, 0.15) is 5.75 Å². The Kier molecular flexibility index (Phi) is 5.27. The fourth-order valence-corrected chi connectivity index (χ4v) is 3.09. The second-order valence-corrected chi connectivity index (χ2v) is 6.46. The van der Waals surface area contributed by atoms with Gasteiger partial charge < -0.3 is 14.9 Å². The minimum atomic E-state index is -0.584. The Morgan fingerprint density at radius 2 is 1.63 bits per heavy atom. The average molecular weight is 390 g/mol. The van der Waals surface area contributed by atoms with Crippen molar-refractivity contribution >= 4 is 29.1 Å². The molecule has 0 aliphatic carbocycles. The second-order valence-electron chi connectivity index (χ2n) is 6.06. The Hall–Kier alpha value is -3.13. The fourth-order valence-electron chi connectivity index (χ4n) is 2.90. The molecule has 2 aromatic rings. The highest BCUT2D eigenvalue weighted by atomic mass is 35.5. The molecule has 1 aliphatic rings. The number of benzene rings is 2. The Labute approximate surface area is 159 Å². The SMILES string of the molecule is O=C(c1cccc(O)c1)N1CCN(C(=O)c2cc([N+](=O)[O-])ccc2Cl)CC1. The summed E-state index contributed by atoms with van der Waals surface area (Å²) in [6.07, 6.45) is 0. The van der Waals surface area contributed by atoms with E-state index in [0.717, 1.165) is 6.07 Å². The molecule has 0 saturated carbocycles. The summed E-state index contributed by atoms with van der Waals surface area (Å²) in [5.41, 5.74) is 0.232. The van der Waals surface area contributed by atoms with Crippen molar-refractivity contribution in [1.82, 2.24) is 9.80 Å². The van der Waals surface area contributed by atoms with Crippen molar-refractivity contribution in [3.05, 3.63) is 68.7 Å². The van der Waals surface area contributed by atoms with Gasteiger partial charge in [0, 0.05) is 43.9 Å². The van der Waals surface area contributed by atoms with E-state index in [4.69, 9.17) is 11.6 Å². The molecule has 140 valence electrons. The number of carbonyl (C=O) groups is 2. The van der Waals surface area contributed by atoms with Crippen molar-refractivity contribution in [2.45, 2.75) is 0 Å². The molecule has 0 bridgehead atoms. The van der Waals surface area contributed by atoms with E-state index in [-0.39, 0.29) is 41.0 Å². The van der Waals surface area contributed by atoms with Gasteiger partial charge in [0.2, 0.25) is 0 Å². The first-order chi connectivity index (χ1) is 12.9. The lowest BCUT2D eigenvalue weighted by atomic mass is 10.1. The molecule has 0 spiro atoms. The summed E-state index contributed by atoms with van der Waals surface area (Å²) in [5, 5.41) is 20.6. The maximum Gasteiger partial charge on any atom is 0.270 e. The number of rotatable bonds is 3. The molecule has 1 N–H and O–H groups in total. The van der Waals surface area contributed by atoms with Gasteiger partial charge in [-0.1, -0.05) is 17.7 Å². The number of nitro groups is 1. The van der Waals surface area contributed by atoms with Gasteiger partial charge in [-0.2, -0.15) is 0 Å². The van der Waals surface area contributed by atoms with Crippen LogP contribution in [0.4, 0.5) is 5.69 Å². The number of amides is 2. The molecule has 3 rings (SSSR count). The van der Waals surface area contributed by atoms with Gasteiger partial charge in [0.05, 0.1) is 15.5 Å². The minimum absolute atomic E-state index is 0.00924. The number of phenols is 1. The summed E-state index contributed by atoms with van der Waals surface area (Å²) >= 11 is 6.03. The third-order valence-corrected chi connectivity index (χ3v) is 4.67. The number of aromatic hydroxyl groups is 1. The summed E-state index contributed by atoms with van der Waals surface area (Å²) in [5.74, 6) is -0.630. The number of phenolic OH excluding ortho intramolecular Hbond substituents is 1. The normalized spacial score (nSPS) is 14.1. The van der Waals surface area contributed by atoms with Crippen molar-refractivity contribution in [2.24, 2.45) is 0 Å². The van der Waals surface area contributed by atoms with Gasteiger partial charge in [0.15, 0.2) is 0 Å². The smallest absolute Gasteiger partial charge is 0.270 e. The molecule has 1 saturated heterocycles. The predicted molar refractivity (Wildman–Crippen MR) is 98.0 cm³/mol. The molecular weight excluding hydrogens is 374 g/mol. The van der Waals surface area contributed by atoms with Gasteiger partial charge >= 0.3 is 0 Å². The average Bonchev–Trinajstić information content (AvgIpc) is 2.67. The highest BCUT2D eigenvalue weighted by Crippen LogP contribution is 2.24. The molecule has 2 amide bonds. The van der Waals surface area contributed by atoms with E-state index in [0.29, 0.717) is 18.7 Å². The minimum Gasteiger partial charge on any atom is -0.508 e. The number of piperazine rings is 1. The molecule has 0 unspecified atom stereocenters. The van der Waals surface area contributed by atoms with E-state index in [1.165, 1.54) is 29.2 Å². The highest BCUT2D eigenvalue weighted by Gasteiger charge is 2.27. The van der Waals surface area contributed by atoms with Crippen LogP contribution in [0.25, 0.3) is 0 Å². The van der Waals surface area contributed by atoms with Crippen molar-refractivity contribution < 1.29 is 19.6 Å².